The van der Waals surface area contributed by atoms with Gasteiger partial charge in [-0.15, -0.1) is 0 Å². The van der Waals surface area contributed by atoms with Crippen molar-refractivity contribution in [1.29, 1.82) is 5.26 Å². The number of anilines is 1. The lowest BCUT2D eigenvalue weighted by Crippen LogP contribution is -2.27. The van der Waals surface area contributed by atoms with Crippen LogP contribution in [0.5, 0.6) is 5.75 Å². The van der Waals surface area contributed by atoms with Crippen molar-refractivity contribution in [3.8, 4) is 11.8 Å². The van der Waals surface area contributed by atoms with Crippen LogP contribution in [0.2, 0.25) is 0 Å². The number of hydrogen-bond donors (Lipinski definition) is 2. The number of sulfonamides is 1. The molecule has 0 aliphatic rings. The summed E-state index contributed by atoms with van der Waals surface area (Å²) in [5.41, 5.74) is 1.45. The topological polar surface area (TPSA) is 108 Å². The number of nitriles is 1. The second-order valence-electron chi connectivity index (χ2n) is 5.40. The number of benzene rings is 2. The third-order valence-electron chi connectivity index (χ3n) is 3.53. The zero-order chi connectivity index (χ0) is 19.0. The van der Waals surface area contributed by atoms with Crippen LogP contribution >= 0.6 is 0 Å². The number of nitrogens with one attached hydrogen (secondary N) is 2. The van der Waals surface area contributed by atoms with Crippen LogP contribution in [0.25, 0.3) is 0 Å². The second-order valence-corrected chi connectivity index (χ2v) is 7.17. The Balaban J connectivity index is 1.84. The minimum absolute atomic E-state index is 0.00463. The molecular formula is C18H19N3O4S. The summed E-state index contributed by atoms with van der Waals surface area (Å²) in [6.45, 7) is -0.0211. The molecule has 26 heavy (non-hydrogen) atoms. The first kappa shape index (κ1) is 19.4. The van der Waals surface area contributed by atoms with Gasteiger partial charge >= 0.3 is 0 Å². The van der Waals surface area contributed by atoms with E-state index in [0.717, 1.165) is 5.56 Å². The molecule has 2 aromatic carbocycles. The summed E-state index contributed by atoms with van der Waals surface area (Å²) >= 11 is 0. The minimum Gasteiger partial charge on any atom is -0.497 e. The number of carbonyl (C=O) groups excluding carboxylic acids is 1. The maximum atomic E-state index is 12.2. The Kier molecular flexibility index (Phi) is 6.72. The Labute approximate surface area is 152 Å². The van der Waals surface area contributed by atoms with Crippen LogP contribution in [0, 0.1) is 11.3 Å². The Morgan fingerprint density at radius 3 is 2.35 bits per heavy atom. The van der Waals surface area contributed by atoms with Crippen LogP contribution in [0.1, 0.15) is 12.0 Å². The van der Waals surface area contributed by atoms with E-state index in [1.807, 2.05) is 6.07 Å². The molecule has 0 saturated heterocycles. The van der Waals surface area contributed by atoms with Gasteiger partial charge in [-0.05, 0) is 42.0 Å². The molecule has 136 valence electrons. The van der Waals surface area contributed by atoms with E-state index in [4.69, 9.17) is 10.00 Å². The van der Waals surface area contributed by atoms with Crippen LogP contribution in [-0.4, -0.2) is 28.0 Å². The number of carbonyl (C=O) groups is 1. The molecule has 7 nitrogen and oxygen atoms in total. The summed E-state index contributed by atoms with van der Waals surface area (Å²) in [7, 11) is -2.18. The van der Waals surface area contributed by atoms with Crippen LogP contribution in [0.15, 0.2) is 53.4 Å². The molecule has 0 aliphatic heterocycles. The van der Waals surface area contributed by atoms with Crippen LogP contribution < -0.4 is 14.8 Å². The van der Waals surface area contributed by atoms with Crippen molar-refractivity contribution in [3.05, 3.63) is 54.1 Å². The molecule has 8 heteroatoms. The molecule has 0 fully saturated rings. The standard InChI is InChI=1S/C18H19N3O4S/c1-25-16-6-8-17(9-7-16)26(23,24)20-13-11-18(22)21-15-4-2-14(3-5-15)10-12-19/h2-9,20H,10-11,13H2,1H3,(H,21,22). The molecule has 0 unspecified atom stereocenters. The first-order valence-corrected chi connectivity index (χ1v) is 9.32. The second kappa shape index (κ2) is 8.99. The van der Waals surface area contributed by atoms with E-state index < -0.39 is 10.0 Å². The van der Waals surface area contributed by atoms with E-state index in [0.29, 0.717) is 17.9 Å². The summed E-state index contributed by atoms with van der Waals surface area (Å²) in [6, 6.07) is 14.9. The third-order valence-corrected chi connectivity index (χ3v) is 5.01. The monoisotopic (exact) mass is 373 g/mol. The van der Waals surface area contributed by atoms with Crippen molar-refractivity contribution >= 4 is 21.6 Å². The number of nitrogens with zero attached hydrogens (tertiary/aromatic N) is 1. The SMILES string of the molecule is COc1ccc(S(=O)(=O)NCCC(=O)Nc2ccc(CC#N)cc2)cc1. The van der Waals surface area contributed by atoms with Gasteiger partial charge in [-0.2, -0.15) is 5.26 Å². The molecule has 0 aliphatic carbocycles. The number of amides is 1. The average Bonchev–Trinajstić information content (AvgIpc) is 2.63. The van der Waals surface area contributed by atoms with E-state index >= 15 is 0 Å². The number of methoxy groups -OCH3 is 1. The van der Waals surface area contributed by atoms with Gasteiger partial charge in [0, 0.05) is 18.7 Å². The van der Waals surface area contributed by atoms with Gasteiger partial charge in [-0.3, -0.25) is 4.79 Å². The third kappa shape index (κ3) is 5.58. The molecular weight excluding hydrogens is 354 g/mol. The molecule has 0 atom stereocenters. The van der Waals surface area contributed by atoms with Crippen LogP contribution in [0.3, 0.4) is 0 Å². The van der Waals surface area contributed by atoms with Gasteiger partial charge < -0.3 is 10.1 Å². The van der Waals surface area contributed by atoms with Gasteiger partial charge in [0.2, 0.25) is 15.9 Å². The molecule has 0 heterocycles. The Morgan fingerprint density at radius 1 is 1.12 bits per heavy atom. The Morgan fingerprint density at radius 2 is 1.77 bits per heavy atom. The largest absolute Gasteiger partial charge is 0.497 e. The predicted molar refractivity (Wildman–Crippen MR) is 97.2 cm³/mol. The summed E-state index contributed by atoms with van der Waals surface area (Å²) < 4.78 is 31.7. The van der Waals surface area contributed by atoms with Gasteiger partial charge in [0.05, 0.1) is 24.5 Å². The van der Waals surface area contributed by atoms with Gasteiger partial charge in [-0.25, -0.2) is 13.1 Å². The first-order chi connectivity index (χ1) is 12.4. The molecule has 0 spiro atoms. The fourth-order valence-corrected chi connectivity index (χ4v) is 3.19. The number of hydrogen-bond acceptors (Lipinski definition) is 5. The van der Waals surface area contributed by atoms with E-state index in [2.05, 4.69) is 10.0 Å². The summed E-state index contributed by atoms with van der Waals surface area (Å²) in [5, 5.41) is 11.3. The Bertz CT molecular complexity index is 886. The highest BCUT2D eigenvalue weighted by Gasteiger charge is 2.14. The Hall–Kier alpha value is -2.89. The molecule has 2 N–H and O–H groups in total. The quantitative estimate of drug-likeness (QED) is 0.736. The van der Waals surface area contributed by atoms with Crippen LogP contribution in [0.4, 0.5) is 5.69 Å². The van der Waals surface area contributed by atoms with Crippen molar-refractivity contribution in [3.63, 3.8) is 0 Å². The summed E-state index contributed by atoms with van der Waals surface area (Å²) in [5.74, 6) is 0.250. The van der Waals surface area contributed by atoms with Gasteiger partial charge in [-0.1, -0.05) is 12.1 Å². The molecule has 0 bridgehead atoms. The predicted octanol–water partition coefficient (Wildman–Crippen LogP) is 2.07. The first-order valence-electron chi connectivity index (χ1n) is 7.84. The van der Waals surface area contributed by atoms with E-state index in [1.54, 1.807) is 36.4 Å². The van der Waals surface area contributed by atoms with Gasteiger partial charge in [0.1, 0.15) is 5.75 Å². The maximum Gasteiger partial charge on any atom is 0.240 e. The van der Waals surface area contributed by atoms with Crippen molar-refractivity contribution in [2.24, 2.45) is 0 Å². The fourth-order valence-electron chi connectivity index (χ4n) is 2.16. The number of rotatable bonds is 8. The van der Waals surface area contributed by atoms with Crippen LogP contribution in [-0.2, 0) is 21.2 Å². The minimum atomic E-state index is -3.68. The zero-order valence-corrected chi connectivity index (χ0v) is 15.0. The maximum absolute atomic E-state index is 12.2. The molecule has 0 aromatic heterocycles. The lowest BCUT2D eigenvalue weighted by atomic mass is 10.1. The van der Waals surface area contributed by atoms with Crippen molar-refractivity contribution in [2.75, 3.05) is 19.0 Å². The molecule has 0 saturated carbocycles. The zero-order valence-electron chi connectivity index (χ0n) is 14.2. The van der Waals surface area contributed by atoms with E-state index in [9.17, 15) is 13.2 Å². The average molecular weight is 373 g/mol. The molecule has 2 aromatic rings. The molecule has 2 rings (SSSR count). The van der Waals surface area contributed by atoms with Crippen molar-refractivity contribution in [1.82, 2.24) is 4.72 Å². The molecule has 0 radical (unpaired) electrons. The summed E-state index contributed by atoms with van der Waals surface area (Å²) in [6.07, 6.45) is 0.302. The van der Waals surface area contributed by atoms with Gasteiger partial charge in [0.15, 0.2) is 0 Å². The lowest BCUT2D eigenvalue weighted by Gasteiger charge is -2.08. The van der Waals surface area contributed by atoms with Crippen molar-refractivity contribution in [2.45, 2.75) is 17.7 Å². The highest BCUT2D eigenvalue weighted by atomic mass is 32.2. The van der Waals surface area contributed by atoms with Gasteiger partial charge in [0.25, 0.3) is 0 Å². The summed E-state index contributed by atoms with van der Waals surface area (Å²) in [4.78, 5) is 12.0. The normalized spacial score (nSPS) is 10.8. The lowest BCUT2D eigenvalue weighted by molar-refractivity contribution is -0.116. The highest BCUT2D eigenvalue weighted by Crippen LogP contribution is 2.15. The van der Waals surface area contributed by atoms with E-state index in [-0.39, 0.29) is 23.8 Å². The number of ether oxygens (including phenoxy) is 1. The fraction of sp³-hybridized carbons (Fsp3) is 0.222. The molecule has 1 amide bonds. The highest BCUT2D eigenvalue weighted by molar-refractivity contribution is 7.89. The van der Waals surface area contributed by atoms with Crippen molar-refractivity contribution < 1.29 is 17.9 Å². The van der Waals surface area contributed by atoms with E-state index in [1.165, 1.54) is 19.2 Å². The smallest absolute Gasteiger partial charge is 0.240 e.